The number of halogens is 1. The topological polar surface area (TPSA) is 63.6 Å². The van der Waals surface area contributed by atoms with E-state index in [4.69, 9.17) is 5.11 Å². The van der Waals surface area contributed by atoms with Gasteiger partial charge in [0, 0.05) is 17.7 Å². The third kappa shape index (κ3) is 25.4. The number of rotatable bonds is 15. The maximum absolute atomic E-state index is 10.8. The fraction of sp³-hybridized carbons (Fsp3) is 0.810. The Hall–Kier alpha value is -0.840. The van der Waals surface area contributed by atoms with Crippen LogP contribution in [0.1, 0.15) is 97.3 Å². The zero-order valence-corrected chi connectivity index (χ0v) is 18.6. The van der Waals surface area contributed by atoms with E-state index in [2.05, 4.69) is 46.7 Å². The van der Waals surface area contributed by atoms with Gasteiger partial charge in [0.1, 0.15) is 0 Å². The average Bonchev–Trinajstić information content (AvgIpc) is 2.62. The van der Waals surface area contributed by atoms with Crippen LogP contribution < -0.4 is 0 Å². The van der Waals surface area contributed by atoms with Crippen molar-refractivity contribution in [2.24, 2.45) is 0 Å². The standard InChI is InChI=1S/C11H21BrO2.C10H18O2/c1-3-4-7-10(12)8-5-6-9-11(13)14-2;1-2-3-4-5-6-7-8-9-10(11)12/h10H,3-9H2,1-2H3;4-5H,2-3,6-9H2,1H3,(H,11,12). The highest BCUT2D eigenvalue weighted by atomic mass is 79.9. The van der Waals surface area contributed by atoms with Crippen LogP contribution in [0.5, 0.6) is 0 Å². The van der Waals surface area contributed by atoms with Crippen molar-refractivity contribution >= 4 is 27.9 Å². The summed E-state index contributed by atoms with van der Waals surface area (Å²) in [5.41, 5.74) is 0. The predicted molar refractivity (Wildman–Crippen MR) is 113 cm³/mol. The highest BCUT2D eigenvalue weighted by molar-refractivity contribution is 9.09. The lowest BCUT2D eigenvalue weighted by molar-refractivity contribution is -0.140. The van der Waals surface area contributed by atoms with Crippen LogP contribution in [0.25, 0.3) is 0 Å². The Kier molecular flexibility index (Phi) is 23.4. The van der Waals surface area contributed by atoms with Crippen molar-refractivity contribution in [2.75, 3.05) is 7.11 Å². The first-order valence-corrected chi connectivity index (χ1v) is 11.0. The van der Waals surface area contributed by atoms with E-state index in [1.165, 1.54) is 32.8 Å². The summed E-state index contributed by atoms with van der Waals surface area (Å²) in [5.74, 6) is -0.780. The molecule has 0 bridgehead atoms. The van der Waals surface area contributed by atoms with E-state index in [1.54, 1.807) is 0 Å². The largest absolute Gasteiger partial charge is 0.481 e. The van der Waals surface area contributed by atoms with Crippen molar-refractivity contribution in [3.05, 3.63) is 12.2 Å². The second-order valence-electron chi connectivity index (χ2n) is 6.46. The molecule has 0 spiro atoms. The lowest BCUT2D eigenvalue weighted by Gasteiger charge is -2.07. The van der Waals surface area contributed by atoms with E-state index in [-0.39, 0.29) is 5.97 Å². The van der Waals surface area contributed by atoms with Gasteiger partial charge in [-0.05, 0) is 44.9 Å². The number of carbonyl (C=O) groups excluding carboxylic acids is 1. The van der Waals surface area contributed by atoms with Crippen molar-refractivity contribution in [1.29, 1.82) is 0 Å². The number of carboxylic acids is 1. The number of unbranched alkanes of at least 4 members (excludes halogenated alkanes) is 5. The molecule has 0 aliphatic carbocycles. The number of hydrogen-bond donors (Lipinski definition) is 1. The molecular formula is C21H39BrO4. The number of allylic oxidation sites excluding steroid dienone is 2. The second kappa shape index (κ2) is 22.2. The molecule has 1 N–H and O–H groups in total. The molecule has 0 aliphatic rings. The zero-order chi connectivity index (χ0) is 20.0. The molecule has 0 saturated heterocycles. The third-order valence-electron chi connectivity index (χ3n) is 3.88. The lowest BCUT2D eigenvalue weighted by atomic mass is 10.1. The van der Waals surface area contributed by atoms with Crippen molar-refractivity contribution in [3.63, 3.8) is 0 Å². The zero-order valence-electron chi connectivity index (χ0n) is 17.0. The molecule has 4 nitrogen and oxygen atoms in total. The lowest BCUT2D eigenvalue weighted by Crippen LogP contribution is -2.01. The van der Waals surface area contributed by atoms with Gasteiger partial charge >= 0.3 is 11.9 Å². The molecule has 0 fully saturated rings. The summed E-state index contributed by atoms with van der Waals surface area (Å²) in [6.45, 7) is 4.35. The molecule has 0 saturated carbocycles. The molecule has 0 aromatic heterocycles. The Morgan fingerprint density at radius 3 is 2.12 bits per heavy atom. The molecule has 0 aliphatic heterocycles. The number of alkyl halides is 1. The second-order valence-corrected chi connectivity index (χ2v) is 7.76. The van der Waals surface area contributed by atoms with Crippen molar-refractivity contribution in [2.45, 2.75) is 102 Å². The molecule has 0 rings (SSSR count). The molecule has 0 radical (unpaired) electrons. The van der Waals surface area contributed by atoms with Crippen LogP contribution in [0.3, 0.4) is 0 Å². The Labute approximate surface area is 168 Å². The molecule has 0 aromatic carbocycles. The first-order valence-electron chi connectivity index (χ1n) is 10.1. The Balaban J connectivity index is 0. The summed E-state index contributed by atoms with van der Waals surface area (Å²) in [5, 5.41) is 8.34. The van der Waals surface area contributed by atoms with Gasteiger partial charge in [-0.2, -0.15) is 0 Å². The number of ether oxygens (including phenoxy) is 1. The fourth-order valence-electron chi connectivity index (χ4n) is 2.25. The molecule has 0 aromatic rings. The summed E-state index contributed by atoms with van der Waals surface area (Å²) in [4.78, 5) is 21.5. The minimum absolute atomic E-state index is 0.0929. The maximum atomic E-state index is 10.8. The minimum atomic E-state index is -0.687. The first-order chi connectivity index (χ1) is 12.5. The number of carbonyl (C=O) groups is 2. The van der Waals surface area contributed by atoms with E-state index in [0.29, 0.717) is 17.7 Å². The van der Waals surface area contributed by atoms with Gasteiger partial charge in [-0.1, -0.05) is 67.6 Å². The number of esters is 1. The van der Waals surface area contributed by atoms with Crippen molar-refractivity contribution in [3.8, 4) is 0 Å². The smallest absolute Gasteiger partial charge is 0.305 e. The maximum Gasteiger partial charge on any atom is 0.305 e. The van der Waals surface area contributed by atoms with Gasteiger partial charge in [0.2, 0.25) is 0 Å². The van der Waals surface area contributed by atoms with Gasteiger partial charge in [-0.3, -0.25) is 9.59 Å². The Morgan fingerprint density at radius 1 is 0.923 bits per heavy atom. The molecular weight excluding hydrogens is 396 g/mol. The van der Waals surface area contributed by atoms with Crippen molar-refractivity contribution in [1.82, 2.24) is 0 Å². The summed E-state index contributed by atoms with van der Waals surface area (Å²) >= 11 is 3.65. The Morgan fingerprint density at radius 2 is 1.54 bits per heavy atom. The van der Waals surface area contributed by atoms with E-state index in [9.17, 15) is 9.59 Å². The number of carboxylic acid groups (broad SMARTS) is 1. The fourth-order valence-corrected chi connectivity index (χ4v) is 2.90. The summed E-state index contributed by atoms with van der Waals surface area (Å²) in [6.07, 6.45) is 17.3. The summed E-state index contributed by atoms with van der Waals surface area (Å²) in [7, 11) is 1.44. The van der Waals surface area contributed by atoms with Gasteiger partial charge in [-0.15, -0.1) is 0 Å². The molecule has 1 atom stereocenters. The van der Waals surface area contributed by atoms with E-state index in [1.807, 2.05) is 0 Å². The summed E-state index contributed by atoms with van der Waals surface area (Å²) in [6, 6.07) is 0. The van der Waals surface area contributed by atoms with Crippen LogP contribution in [0, 0.1) is 0 Å². The quantitative estimate of drug-likeness (QED) is 0.135. The van der Waals surface area contributed by atoms with Gasteiger partial charge < -0.3 is 9.84 Å². The number of aliphatic carboxylic acids is 1. The van der Waals surface area contributed by atoms with Gasteiger partial charge in [0.25, 0.3) is 0 Å². The molecule has 0 amide bonds. The molecule has 154 valence electrons. The Bertz CT molecular complexity index is 356. The van der Waals surface area contributed by atoms with Crippen LogP contribution in [-0.2, 0) is 14.3 Å². The highest BCUT2D eigenvalue weighted by Gasteiger charge is 2.04. The van der Waals surface area contributed by atoms with Crippen LogP contribution in [-0.4, -0.2) is 29.0 Å². The van der Waals surface area contributed by atoms with Gasteiger partial charge in [0.15, 0.2) is 0 Å². The SMILES string of the molecule is CCCC=CCCCCC(=O)O.CCCCC(Br)CCCCC(=O)OC. The molecule has 26 heavy (non-hydrogen) atoms. The normalized spacial score (nSPS) is 11.7. The van der Waals surface area contributed by atoms with E-state index < -0.39 is 5.97 Å². The van der Waals surface area contributed by atoms with Gasteiger partial charge in [0.05, 0.1) is 7.11 Å². The molecule has 0 heterocycles. The van der Waals surface area contributed by atoms with Crippen molar-refractivity contribution < 1.29 is 19.4 Å². The number of methoxy groups -OCH3 is 1. The molecule has 1 unspecified atom stereocenters. The van der Waals surface area contributed by atoms with Gasteiger partial charge in [-0.25, -0.2) is 0 Å². The predicted octanol–water partition coefficient (Wildman–Crippen LogP) is 6.66. The summed E-state index contributed by atoms with van der Waals surface area (Å²) < 4.78 is 4.57. The van der Waals surface area contributed by atoms with Crippen LogP contribution >= 0.6 is 15.9 Å². The third-order valence-corrected chi connectivity index (χ3v) is 4.80. The van der Waals surface area contributed by atoms with Crippen LogP contribution in [0.15, 0.2) is 12.2 Å². The first kappa shape index (κ1) is 27.4. The average molecular weight is 435 g/mol. The highest BCUT2D eigenvalue weighted by Crippen LogP contribution is 2.17. The molecule has 5 heteroatoms. The monoisotopic (exact) mass is 434 g/mol. The van der Waals surface area contributed by atoms with Crippen LogP contribution in [0.4, 0.5) is 0 Å². The number of hydrogen-bond acceptors (Lipinski definition) is 3. The van der Waals surface area contributed by atoms with E-state index in [0.717, 1.165) is 44.9 Å². The van der Waals surface area contributed by atoms with Crippen LogP contribution in [0.2, 0.25) is 0 Å². The van der Waals surface area contributed by atoms with E-state index >= 15 is 0 Å². The minimum Gasteiger partial charge on any atom is -0.481 e.